The fraction of sp³-hybridized carbons (Fsp3) is 0.105. The Bertz CT molecular complexity index is 958. The van der Waals surface area contributed by atoms with Crippen LogP contribution in [0.2, 0.25) is 0 Å². The van der Waals surface area contributed by atoms with Gasteiger partial charge in [0, 0.05) is 6.92 Å². The lowest BCUT2D eigenvalue weighted by Crippen LogP contribution is -2.19. The molecule has 1 aliphatic rings. The molecule has 1 amide bonds. The van der Waals surface area contributed by atoms with Gasteiger partial charge in [0.2, 0.25) is 0 Å². The highest BCUT2D eigenvalue weighted by Gasteiger charge is 2.24. The third-order valence-corrected chi connectivity index (χ3v) is 5.14. The molecule has 1 N–H and O–H groups in total. The minimum atomic E-state index is -0.426. The third kappa shape index (κ3) is 4.89. The van der Waals surface area contributed by atoms with Crippen molar-refractivity contribution < 1.29 is 19.1 Å². The zero-order chi connectivity index (χ0) is 19.4. The van der Waals surface area contributed by atoms with Gasteiger partial charge in [0.15, 0.2) is 16.7 Å². The molecule has 1 fully saturated rings. The average molecular weight is 494 g/mol. The van der Waals surface area contributed by atoms with Crippen molar-refractivity contribution in [3.8, 4) is 11.5 Å². The van der Waals surface area contributed by atoms with Gasteiger partial charge in [-0.2, -0.15) is 0 Å². The molecule has 0 unspecified atom stereocenters. The van der Waals surface area contributed by atoms with E-state index in [1.165, 1.54) is 25.8 Å². The van der Waals surface area contributed by atoms with Crippen molar-refractivity contribution in [2.75, 3.05) is 7.11 Å². The van der Waals surface area contributed by atoms with Crippen LogP contribution < -0.4 is 14.8 Å². The maximum Gasteiger partial charge on any atom is 0.308 e. The van der Waals surface area contributed by atoms with Gasteiger partial charge >= 0.3 is 5.97 Å². The van der Waals surface area contributed by atoms with E-state index in [1.54, 1.807) is 12.1 Å². The van der Waals surface area contributed by atoms with Crippen molar-refractivity contribution in [2.45, 2.75) is 6.92 Å². The molecular weight excluding hydrogens is 479 g/mol. The van der Waals surface area contributed by atoms with Gasteiger partial charge in [-0.3, -0.25) is 9.59 Å². The molecule has 3 rings (SSSR count). The Morgan fingerprint density at radius 1 is 1.26 bits per heavy atom. The minimum Gasteiger partial charge on any atom is -0.493 e. The number of halogens is 1. The Kier molecular flexibility index (Phi) is 6.17. The highest BCUT2D eigenvalue weighted by Crippen LogP contribution is 2.36. The van der Waals surface area contributed by atoms with E-state index >= 15 is 0 Å². The number of benzene rings is 2. The number of carbonyl (C=O) groups is 2. The molecule has 6 nitrogen and oxygen atoms in total. The van der Waals surface area contributed by atoms with Gasteiger partial charge in [0.05, 0.1) is 21.3 Å². The van der Waals surface area contributed by atoms with Crippen LogP contribution in [0.4, 0.5) is 5.69 Å². The first kappa shape index (κ1) is 19.4. The Labute approximate surface area is 174 Å². The molecule has 0 radical (unpaired) electrons. The summed E-state index contributed by atoms with van der Waals surface area (Å²) in [6, 6.07) is 12.9. The van der Waals surface area contributed by atoms with Crippen LogP contribution in [0.25, 0.3) is 6.08 Å². The first-order chi connectivity index (χ1) is 13.0. The number of hydrogen-bond acceptors (Lipinski definition) is 6. The summed E-state index contributed by atoms with van der Waals surface area (Å²) in [6.07, 6.45) is 1.75. The molecule has 0 atom stereocenters. The maximum atomic E-state index is 12.2. The number of nitrogens with zero attached hydrogens (tertiary/aromatic N) is 1. The molecule has 0 saturated carbocycles. The summed E-state index contributed by atoms with van der Waals surface area (Å²) in [4.78, 5) is 28.4. The number of methoxy groups -OCH3 is 1. The van der Waals surface area contributed by atoms with Crippen LogP contribution in [-0.4, -0.2) is 24.2 Å². The van der Waals surface area contributed by atoms with Crippen LogP contribution in [-0.2, 0) is 9.59 Å². The van der Waals surface area contributed by atoms with E-state index in [-0.39, 0.29) is 5.91 Å². The summed E-state index contributed by atoms with van der Waals surface area (Å²) in [7, 11) is 1.50. The third-order valence-electron chi connectivity index (χ3n) is 3.43. The van der Waals surface area contributed by atoms with E-state index < -0.39 is 5.97 Å². The van der Waals surface area contributed by atoms with E-state index in [1.807, 2.05) is 36.4 Å². The monoisotopic (exact) mass is 494 g/mol. The van der Waals surface area contributed by atoms with Gasteiger partial charge in [-0.25, -0.2) is 4.99 Å². The predicted octanol–water partition coefficient (Wildman–Crippen LogP) is 4.12. The second-order valence-electron chi connectivity index (χ2n) is 5.45. The number of ether oxygens (including phenoxy) is 2. The molecule has 8 heteroatoms. The summed E-state index contributed by atoms with van der Waals surface area (Å²) in [5.41, 5.74) is 1.52. The summed E-state index contributed by atoms with van der Waals surface area (Å²) in [5.74, 6) is 0.144. The first-order valence-electron chi connectivity index (χ1n) is 7.87. The molecule has 0 aromatic heterocycles. The van der Waals surface area contributed by atoms with E-state index in [0.717, 1.165) is 11.3 Å². The number of amides is 1. The number of aliphatic imine (C=N–C) groups is 1. The number of esters is 1. The minimum absolute atomic E-state index is 0.215. The van der Waals surface area contributed by atoms with Crippen molar-refractivity contribution in [2.24, 2.45) is 4.99 Å². The lowest BCUT2D eigenvalue weighted by atomic mass is 10.2. The average Bonchev–Trinajstić information content (AvgIpc) is 2.96. The van der Waals surface area contributed by atoms with Crippen LogP contribution in [0.1, 0.15) is 12.5 Å². The van der Waals surface area contributed by atoms with Crippen LogP contribution in [0.3, 0.4) is 0 Å². The maximum absolute atomic E-state index is 12.2. The van der Waals surface area contributed by atoms with Gasteiger partial charge in [-0.05, 0) is 70.3 Å². The molecule has 1 saturated heterocycles. The molecule has 1 heterocycles. The second-order valence-corrected chi connectivity index (χ2v) is 7.64. The zero-order valence-electron chi connectivity index (χ0n) is 14.5. The highest BCUT2D eigenvalue weighted by atomic mass is 127. The summed E-state index contributed by atoms with van der Waals surface area (Å²) < 4.78 is 11.2. The molecular formula is C19H15IN2O4S. The topological polar surface area (TPSA) is 77.0 Å². The standard InChI is InChI=1S/C19H15IN2O4S/c1-11(23)26-17-14(20)8-12(9-15(17)25-2)10-16-18(24)22-19(27-16)21-13-6-4-3-5-7-13/h3-10H,1-2H3,(H,21,22,24)/b16-10-. The normalized spacial score (nSPS) is 16.5. The largest absolute Gasteiger partial charge is 0.493 e. The molecule has 0 spiro atoms. The fourth-order valence-corrected chi connectivity index (χ4v) is 3.89. The number of hydrogen-bond donors (Lipinski definition) is 1. The molecule has 27 heavy (non-hydrogen) atoms. The summed E-state index contributed by atoms with van der Waals surface area (Å²) in [5, 5.41) is 3.28. The number of nitrogens with one attached hydrogen (secondary N) is 1. The SMILES string of the molecule is COc1cc(/C=C2\SC(=Nc3ccccc3)NC2=O)cc(I)c1OC(C)=O. The van der Waals surface area contributed by atoms with E-state index in [4.69, 9.17) is 9.47 Å². The number of thioether (sulfide) groups is 1. The Balaban J connectivity index is 1.88. The molecule has 1 aliphatic heterocycles. The predicted molar refractivity (Wildman–Crippen MR) is 114 cm³/mol. The number of amidine groups is 1. The van der Waals surface area contributed by atoms with Gasteiger partial charge in [-0.1, -0.05) is 18.2 Å². The van der Waals surface area contributed by atoms with Crippen LogP contribution >= 0.6 is 34.4 Å². The van der Waals surface area contributed by atoms with Crippen LogP contribution in [0.5, 0.6) is 11.5 Å². The summed E-state index contributed by atoms with van der Waals surface area (Å²) >= 11 is 3.33. The Hall–Kier alpha value is -2.33. The molecule has 138 valence electrons. The summed E-state index contributed by atoms with van der Waals surface area (Å²) in [6.45, 7) is 1.33. The molecule has 2 aromatic rings. The lowest BCUT2D eigenvalue weighted by molar-refractivity contribution is -0.132. The molecule has 0 aliphatic carbocycles. The quantitative estimate of drug-likeness (QED) is 0.300. The van der Waals surface area contributed by atoms with Crippen LogP contribution in [0, 0.1) is 3.57 Å². The van der Waals surface area contributed by atoms with E-state index in [9.17, 15) is 9.59 Å². The van der Waals surface area contributed by atoms with Crippen LogP contribution in [0.15, 0.2) is 52.4 Å². The highest BCUT2D eigenvalue weighted by molar-refractivity contribution is 14.1. The van der Waals surface area contributed by atoms with Crippen molar-refractivity contribution >= 4 is 63.2 Å². The van der Waals surface area contributed by atoms with Gasteiger partial charge in [0.25, 0.3) is 5.91 Å². The molecule has 0 bridgehead atoms. The first-order valence-corrected chi connectivity index (χ1v) is 9.76. The van der Waals surface area contributed by atoms with Crippen molar-refractivity contribution in [1.82, 2.24) is 5.32 Å². The lowest BCUT2D eigenvalue weighted by Gasteiger charge is -2.11. The zero-order valence-corrected chi connectivity index (χ0v) is 17.5. The number of carbonyl (C=O) groups excluding carboxylic acids is 2. The van der Waals surface area contributed by atoms with Crippen molar-refractivity contribution in [1.29, 1.82) is 0 Å². The number of para-hydroxylation sites is 1. The van der Waals surface area contributed by atoms with Gasteiger partial charge in [0.1, 0.15) is 0 Å². The van der Waals surface area contributed by atoms with Crippen molar-refractivity contribution in [3.63, 3.8) is 0 Å². The smallest absolute Gasteiger partial charge is 0.308 e. The number of rotatable bonds is 4. The van der Waals surface area contributed by atoms with Gasteiger partial charge < -0.3 is 14.8 Å². The Morgan fingerprint density at radius 3 is 2.67 bits per heavy atom. The Morgan fingerprint density at radius 2 is 2.00 bits per heavy atom. The second kappa shape index (κ2) is 8.57. The van der Waals surface area contributed by atoms with E-state index in [0.29, 0.717) is 25.1 Å². The molecule has 2 aromatic carbocycles. The van der Waals surface area contributed by atoms with Crippen molar-refractivity contribution in [3.05, 3.63) is 56.5 Å². The van der Waals surface area contributed by atoms with Gasteiger partial charge in [-0.15, -0.1) is 0 Å². The fourth-order valence-electron chi connectivity index (χ4n) is 2.32. The van der Waals surface area contributed by atoms with E-state index in [2.05, 4.69) is 32.9 Å².